The molecule has 0 aliphatic carbocycles. The normalized spacial score (nSPS) is 15.8. The highest BCUT2D eigenvalue weighted by Gasteiger charge is 2.15. The van der Waals surface area contributed by atoms with Crippen LogP contribution in [0.4, 0.5) is 4.79 Å². The Bertz CT molecular complexity index is 249. The molecule has 0 saturated carbocycles. The van der Waals surface area contributed by atoms with E-state index in [0.29, 0.717) is 13.0 Å². The molecule has 1 aliphatic rings. The van der Waals surface area contributed by atoms with Crippen LogP contribution < -0.4 is 10.6 Å². The van der Waals surface area contributed by atoms with E-state index in [-0.39, 0.29) is 11.9 Å². The second-order valence-corrected chi connectivity index (χ2v) is 4.01. The van der Waals surface area contributed by atoms with Crippen molar-refractivity contribution in [3.05, 3.63) is 0 Å². The highest BCUT2D eigenvalue weighted by Crippen LogP contribution is 1.96. The predicted molar refractivity (Wildman–Crippen MR) is 61.2 cm³/mol. The second-order valence-electron chi connectivity index (χ2n) is 4.01. The average Bonchev–Trinajstić information content (AvgIpc) is 2.29. The molecule has 3 amide bonds. The molecule has 1 aliphatic heterocycles. The molecule has 6 nitrogen and oxygen atoms in total. The fraction of sp³-hybridized carbons (Fsp3) is 0.800. The molecule has 1 rings (SSSR count). The van der Waals surface area contributed by atoms with Crippen molar-refractivity contribution in [2.24, 2.45) is 0 Å². The Kier molecular flexibility index (Phi) is 5.04. The molecule has 0 aromatic heterocycles. The van der Waals surface area contributed by atoms with Crippen LogP contribution in [0.5, 0.6) is 0 Å². The minimum absolute atomic E-state index is 0.112. The molecule has 6 heteroatoms. The molecule has 0 radical (unpaired) electrons. The Labute approximate surface area is 96.0 Å². The first-order valence-electron chi connectivity index (χ1n) is 5.55. The summed E-state index contributed by atoms with van der Waals surface area (Å²) in [4.78, 5) is 26.1. The summed E-state index contributed by atoms with van der Waals surface area (Å²) in [5, 5.41) is 5.86. The molecule has 92 valence electrons. The minimum atomic E-state index is -0.159. The van der Waals surface area contributed by atoms with Gasteiger partial charge in [0.05, 0.1) is 0 Å². The molecule has 0 atom stereocenters. The van der Waals surface area contributed by atoms with E-state index in [1.165, 1.54) is 4.90 Å². The number of hydrogen-bond donors (Lipinski definition) is 2. The van der Waals surface area contributed by atoms with Crippen LogP contribution in [0.3, 0.4) is 0 Å². The largest absolute Gasteiger partial charge is 0.340 e. The van der Waals surface area contributed by atoms with Crippen LogP contribution in [0.2, 0.25) is 0 Å². The zero-order valence-corrected chi connectivity index (χ0v) is 9.95. The summed E-state index contributed by atoms with van der Waals surface area (Å²) >= 11 is 0. The Balaban J connectivity index is 2.17. The lowest BCUT2D eigenvalue weighted by Gasteiger charge is -2.27. The van der Waals surface area contributed by atoms with Crippen LogP contribution in [-0.4, -0.2) is 68.6 Å². The number of nitrogens with one attached hydrogen (secondary N) is 2. The van der Waals surface area contributed by atoms with Crippen LogP contribution >= 0.6 is 0 Å². The minimum Gasteiger partial charge on any atom is -0.340 e. The summed E-state index contributed by atoms with van der Waals surface area (Å²) in [6, 6.07) is -0.159. The van der Waals surface area contributed by atoms with Crippen molar-refractivity contribution in [1.29, 1.82) is 0 Å². The number of amides is 3. The molecule has 1 saturated heterocycles. The van der Waals surface area contributed by atoms with E-state index in [1.54, 1.807) is 14.1 Å². The lowest BCUT2D eigenvalue weighted by atomic mass is 10.3. The van der Waals surface area contributed by atoms with E-state index in [0.717, 1.165) is 26.2 Å². The molecule has 0 aromatic rings. The fourth-order valence-corrected chi connectivity index (χ4v) is 1.51. The maximum Gasteiger partial charge on any atom is 0.316 e. The number of urea groups is 1. The molecule has 2 N–H and O–H groups in total. The molecule has 0 unspecified atom stereocenters. The van der Waals surface area contributed by atoms with Crippen LogP contribution in [-0.2, 0) is 4.79 Å². The van der Waals surface area contributed by atoms with Crippen LogP contribution in [0.25, 0.3) is 0 Å². The summed E-state index contributed by atoms with van der Waals surface area (Å²) < 4.78 is 0. The molecule has 1 fully saturated rings. The highest BCUT2D eigenvalue weighted by molar-refractivity contribution is 5.78. The van der Waals surface area contributed by atoms with Gasteiger partial charge in [0.15, 0.2) is 0 Å². The fourth-order valence-electron chi connectivity index (χ4n) is 1.51. The van der Waals surface area contributed by atoms with Crippen LogP contribution in [0.15, 0.2) is 0 Å². The first-order valence-corrected chi connectivity index (χ1v) is 5.55. The van der Waals surface area contributed by atoms with Gasteiger partial charge < -0.3 is 20.4 Å². The molecule has 0 spiro atoms. The second kappa shape index (κ2) is 6.32. The van der Waals surface area contributed by atoms with Gasteiger partial charge in [-0.15, -0.1) is 0 Å². The van der Waals surface area contributed by atoms with Crippen molar-refractivity contribution in [1.82, 2.24) is 20.4 Å². The average molecular weight is 228 g/mol. The van der Waals surface area contributed by atoms with E-state index < -0.39 is 0 Å². The molecule has 16 heavy (non-hydrogen) atoms. The highest BCUT2D eigenvalue weighted by atomic mass is 16.2. The van der Waals surface area contributed by atoms with Gasteiger partial charge in [0.1, 0.15) is 0 Å². The number of nitrogens with zero attached hydrogens (tertiary/aromatic N) is 2. The third-order valence-corrected chi connectivity index (χ3v) is 2.49. The molecular weight excluding hydrogens is 208 g/mol. The van der Waals surface area contributed by atoms with Gasteiger partial charge in [-0.25, -0.2) is 4.79 Å². The zero-order chi connectivity index (χ0) is 12.0. The van der Waals surface area contributed by atoms with Crippen molar-refractivity contribution in [3.63, 3.8) is 0 Å². The van der Waals surface area contributed by atoms with Crippen molar-refractivity contribution in [3.8, 4) is 0 Å². The van der Waals surface area contributed by atoms with Gasteiger partial charge >= 0.3 is 6.03 Å². The third kappa shape index (κ3) is 4.06. The van der Waals surface area contributed by atoms with Gasteiger partial charge in [-0.05, 0) is 0 Å². The number of carbonyl (C=O) groups excluding carboxylic acids is 2. The van der Waals surface area contributed by atoms with E-state index in [2.05, 4.69) is 10.6 Å². The van der Waals surface area contributed by atoms with Gasteiger partial charge in [-0.1, -0.05) is 0 Å². The molecule has 0 aromatic carbocycles. The number of rotatable bonds is 3. The Hall–Kier alpha value is -1.30. The van der Waals surface area contributed by atoms with Crippen molar-refractivity contribution < 1.29 is 9.59 Å². The van der Waals surface area contributed by atoms with Gasteiger partial charge in [0.2, 0.25) is 5.91 Å². The topological polar surface area (TPSA) is 64.7 Å². The van der Waals surface area contributed by atoms with Crippen LogP contribution in [0.1, 0.15) is 6.42 Å². The standard InChI is InChI=1S/C10H20N4O2/c1-13(2)10(16)12-4-3-9(15)14-7-5-11-6-8-14/h11H,3-8H2,1-2H3,(H,12,16). The van der Waals surface area contributed by atoms with E-state index in [1.807, 2.05) is 4.90 Å². The summed E-state index contributed by atoms with van der Waals surface area (Å²) in [5.41, 5.74) is 0. The monoisotopic (exact) mass is 228 g/mol. The van der Waals surface area contributed by atoms with Crippen molar-refractivity contribution >= 4 is 11.9 Å². The smallest absolute Gasteiger partial charge is 0.316 e. The SMILES string of the molecule is CN(C)C(=O)NCCC(=O)N1CCNCC1. The van der Waals surface area contributed by atoms with Crippen LogP contribution in [0, 0.1) is 0 Å². The Morgan fingerprint density at radius 3 is 2.50 bits per heavy atom. The summed E-state index contributed by atoms with van der Waals surface area (Å²) in [6.45, 7) is 3.65. The summed E-state index contributed by atoms with van der Waals surface area (Å²) in [6.07, 6.45) is 0.375. The molecular formula is C10H20N4O2. The van der Waals surface area contributed by atoms with Gasteiger partial charge in [0, 0.05) is 53.2 Å². The number of carbonyl (C=O) groups is 2. The lowest BCUT2D eigenvalue weighted by molar-refractivity contribution is -0.131. The Morgan fingerprint density at radius 1 is 1.31 bits per heavy atom. The maximum atomic E-state index is 11.7. The number of piperazine rings is 1. The van der Waals surface area contributed by atoms with Gasteiger partial charge in [-0.2, -0.15) is 0 Å². The maximum absolute atomic E-state index is 11.7. The molecule has 0 bridgehead atoms. The summed E-state index contributed by atoms with van der Waals surface area (Å²) in [5.74, 6) is 0.112. The predicted octanol–water partition coefficient (Wildman–Crippen LogP) is -0.920. The lowest BCUT2D eigenvalue weighted by Crippen LogP contribution is -2.47. The first-order chi connectivity index (χ1) is 7.61. The van der Waals surface area contributed by atoms with Crippen molar-refractivity contribution in [2.45, 2.75) is 6.42 Å². The quantitative estimate of drug-likeness (QED) is 0.656. The summed E-state index contributed by atoms with van der Waals surface area (Å²) in [7, 11) is 3.35. The number of hydrogen-bond acceptors (Lipinski definition) is 3. The first kappa shape index (κ1) is 12.8. The van der Waals surface area contributed by atoms with E-state index in [4.69, 9.17) is 0 Å². The van der Waals surface area contributed by atoms with Gasteiger partial charge in [0.25, 0.3) is 0 Å². The van der Waals surface area contributed by atoms with Gasteiger partial charge in [-0.3, -0.25) is 4.79 Å². The van der Waals surface area contributed by atoms with E-state index in [9.17, 15) is 9.59 Å². The van der Waals surface area contributed by atoms with Crippen molar-refractivity contribution in [2.75, 3.05) is 46.8 Å². The molecule has 1 heterocycles. The third-order valence-electron chi connectivity index (χ3n) is 2.49. The Morgan fingerprint density at radius 2 is 1.94 bits per heavy atom. The zero-order valence-electron chi connectivity index (χ0n) is 9.95. The van der Waals surface area contributed by atoms with E-state index >= 15 is 0 Å².